The molecule has 0 saturated carbocycles. The van der Waals surface area contributed by atoms with Crippen LogP contribution in [0.1, 0.15) is 18.4 Å². The smallest absolute Gasteiger partial charge is 0.118 e. The van der Waals surface area contributed by atoms with E-state index in [0.717, 1.165) is 29.9 Å². The van der Waals surface area contributed by atoms with Gasteiger partial charge in [-0.15, -0.1) is 0 Å². The lowest BCUT2D eigenvalue weighted by Gasteiger charge is -2.18. The average Bonchev–Trinajstić information content (AvgIpc) is 2.50. The monoisotopic (exact) mass is 259 g/mol. The predicted molar refractivity (Wildman–Crippen MR) is 62.7 cm³/mol. The molecule has 3 heteroatoms. The molecular formula is C11H18BrNO. The zero-order chi connectivity index (χ0) is 10.6. The van der Waals surface area contributed by atoms with Crippen LogP contribution in [-0.4, -0.2) is 23.8 Å². The van der Waals surface area contributed by atoms with Crippen molar-refractivity contribution in [2.45, 2.75) is 20.4 Å². The van der Waals surface area contributed by atoms with Crippen molar-refractivity contribution in [3.05, 3.63) is 23.7 Å². The van der Waals surface area contributed by atoms with Crippen molar-refractivity contribution in [1.82, 2.24) is 4.90 Å². The van der Waals surface area contributed by atoms with Crippen LogP contribution in [0.3, 0.4) is 0 Å². The van der Waals surface area contributed by atoms with E-state index in [2.05, 4.69) is 34.8 Å². The normalized spacial score (nSPS) is 13.5. The fourth-order valence-electron chi connectivity index (χ4n) is 1.48. The molecule has 1 heterocycles. The first-order valence-electron chi connectivity index (χ1n) is 4.91. The van der Waals surface area contributed by atoms with E-state index in [1.54, 1.807) is 0 Å². The van der Waals surface area contributed by atoms with Gasteiger partial charge in [0.2, 0.25) is 0 Å². The van der Waals surface area contributed by atoms with E-state index in [9.17, 15) is 0 Å². The van der Waals surface area contributed by atoms with E-state index in [-0.39, 0.29) is 0 Å². The molecule has 0 spiro atoms. The van der Waals surface area contributed by atoms with Crippen LogP contribution in [0.5, 0.6) is 0 Å². The van der Waals surface area contributed by atoms with E-state index in [1.807, 2.05) is 19.1 Å². The second-order valence-electron chi connectivity index (χ2n) is 3.97. The summed E-state index contributed by atoms with van der Waals surface area (Å²) >= 11 is 3.48. The van der Waals surface area contributed by atoms with Gasteiger partial charge < -0.3 is 4.42 Å². The summed E-state index contributed by atoms with van der Waals surface area (Å²) < 4.78 is 5.52. The summed E-state index contributed by atoms with van der Waals surface area (Å²) in [5.41, 5.74) is 0. The summed E-state index contributed by atoms with van der Waals surface area (Å²) in [5, 5.41) is 1.05. The van der Waals surface area contributed by atoms with Gasteiger partial charge in [-0.2, -0.15) is 0 Å². The third-order valence-corrected chi connectivity index (χ3v) is 3.21. The molecule has 0 N–H and O–H groups in total. The Hall–Kier alpha value is -0.280. The van der Waals surface area contributed by atoms with Crippen molar-refractivity contribution >= 4 is 15.9 Å². The first-order chi connectivity index (χ1) is 6.61. The molecule has 0 amide bonds. The molecule has 2 nitrogen and oxygen atoms in total. The predicted octanol–water partition coefficient (Wildman–Crippen LogP) is 3.05. The van der Waals surface area contributed by atoms with E-state index in [0.29, 0.717) is 5.92 Å². The minimum Gasteiger partial charge on any atom is -0.465 e. The van der Waals surface area contributed by atoms with Gasteiger partial charge in [0.1, 0.15) is 11.5 Å². The Balaban J connectivity index is 2.37. The lowest BCUT2D eigenvalue weighted by Crippen LogP contribution is -2.24. The zero-order valence-electron chi connectivity index (χ0n) is 9.09. The molecule has 1 aromatic rings. The van der Waals surface area contributed by atoms with Crippen molar-refractivity contribution in [1.29, 1.82) is 0 Å². The summed E-state index contributed by atoms with van der Waals surface area (Å²) in [6, 6.07) is 4.06. The minimum atomic E-state index is 0.677. The molecular weight excluding hydrogens is 242 g/mol. The van der Waals surface area contributed by atoms with Crippen LogP contribution < -0.4 is 0 Å². The summed E-state index contributed by atoms with van der Waals surface area (Å²) in [6.07, 6.45) is 0. The van der Waals surface area contributed by atoms with Gasteiger partial charge in [-0.1, -0.05) is 22.9 Å². The number of nitrogens with zero attached hydrogens (tertiary/aromatic N) is 1. The molecule has 0 aliphatic rings. The van der Waals surface area contributed by atoms with Gasteiger partial charge in [-0.25, -0.2) is 0 Å². The molecule has 1 atom stereocenters. The van der Waals surface area contributed by atoms with Gasteiger partial charge in [0.05, 0.1) is 6.54 Å². The highest BCUT2D eigenvalue weighted by Gasteiger charge is 2.07. The first kappa shape index (κ1) is 11.8. The Bertz CT molecular complexity index is 272. The molecule has 14 heavy (non-hydrogen) atoms. The van der Waals surface area contributed by atoms with Crippen LogP contribution in [0.2, 0.25) is 0 Å². The van der Waals surface area contributed by atoms with Gasteiger partial charge in [-0.3, -0.25) is 4.90 Å². The van der Waals surface area contributed by atoms with Crippen LogP contribution in [0.15, 0.2) is 16.5 Å². The van der Waals surface area contributed by atoms with Crippen molar-refractivity contribution in [2.24, 2.45) is 5.92 Å². The maximum atomic E-state index is 5.52. The molecule has 1 unspecified atom stereocenters. The Labute approximate surface area is 94.4 Å². The van der Waals surface area contributed by atoms with Crippen LogP contribution in [0, 0.1) is 12.8 Å². The van der Waals surface area contributed by atoms with E-state index >= 15 is 0 Å². The summed E-state index contributed by atoms with van der Waals surface area (Å²) in [4.78, 5) is 2.28. The fraction of sp³-hybridized carbons (Fsp3) is 0.636. The van der Waals surface area contributed by atoms with Crippen molar-refractivity contribution < 1.29 is 4.42 Å². The van der Waals surface area contributed by atoms with Gasteiger partial charge in [0, 0.05) is 11.9 Å². The Morgan fingerprint density at radius 2 is 2.21 bits per heavy atom. The van der Waals surface area contributed by atoms with Gasteiger partial charge in [-0.05, 0) is 32.0 Å². The van der Waals surface area contributed by atoms with Gasteiger partial charge in [0.25, 0.3) is 0 Å². The van der Waals surface area contributed by atoms with Gasteiger partial charge in [0.15, 0.2) is 0 Å². The highest BCUT2D eigenvalue weighted by atomic mass is 79.9. The molecule has 0 radical (unpaired) electrons. The molecule has 0 saturated heterocycles. The van der Waals surface area contributed by atoms with Crippen LogP contribution in [-0.2, 0) is 6.54 Å². The number of furan rings is 1. The molecule has 1 aromatic heterocycles. The molecule has 0 aromatic carbocycles. The number of rotatable bonds is 5. The van der Waals surface area contributed by atoms with Crippen molar-refractivity contribution in [3.63, 3.8) is 0 Å². The highest BCUT2D eigenvalue weighted by Crippen LogP contribution is 2.10. The number of hydrogen-bond donors (Lipinski definition) is 0. The zero-order valence-corrected chi connectivity index (χ0v) is 10.7. The van der Waals surface area contributed by atoms with E-state index in [1.165, 1.54) is 0 Å². The van der Waals surface area contributed by atoms with Crippen LogP contribution in [0.4, 0.5) is 0 Å². The van der Waals surface area contributed by atoms with Crippen LogP contribution in [0.25, 0.3) is 0 Å². The van der Waals surface area contributed by atoms with Gasteiger partial charge >= 0.3 is 0 Å². The van der Waals surface area contributed by atoms with Crippen molar-refractivity contribution in [3.8, 4) is 0 Å². The summed E-state index contributed by atoms with van der Waals surface area (Å²) in [6.45, 7) is 6.19. The molecule has 0 aliphatic carbocycles. The second-order valence-corrected chi connectivity index (χ2v) is 4.62. The molecule has 0 fully saturated rings. The van der Waals surface area contributed by atoms with Crippen LogP contribution >= 0.6 is 15.9 Å². The summed E-state index contributed by atoms with van der Waals surface area (Å²) in [5.74, 6) is 2.71. The third kappa shape index (κ3) is 3.84. The molecule has 1 rings (SSSR count). The Morgan fingerprint density at radius 1 is 1.50 bits per heavy atom. The lowest BCUT2D eigenvalue weighted by molar-refractivity contribution is 0.265. The number of halogens is 1. The first-order valence-corrected chi connectivity index (χ1v) is 6.03. The number of hydrogen-bond acceptors (Lipinski definition) is 2. The lowest BCUT2D eigenvalue weighted by atomic mass is 10.2. The second kappa shape index (κ2) is 5.56. The minimum absolute atomic E-state index is 0.677. The topological polar surface area (TPSA) is 16.4 Å². The number of aryl methyl sites for hydroxylation is 1. The SMILES string of the molecule is Cc1ccc(CN(C)CC(C)CBr)o1. The highest BCUT2D eigenvalue weighted by molar-refractivity contribution is 9.09. The fourth-order valence-corrected chi connectivity index (χ4v) is 1.69. The maximum absolute atomic E-state index is 5.52. The average molecular weight is 260 g/mol. The number of alkyl halides is 1. The Morgan fingerprint density at radius 3 is 2.71 bits per heavy atom. The molecule has 80 valence electrons. The molecule has 0 aliphatic heterocycles. The largest absolute Gasteiger partial charge is 0.465 e. The maximum Gasteiger partial charge on any atom is 0.118 e. The molecule has 0 bridgehead atoms. The standard InChI is InChI=1S/C11H18BrNO/c1-9(6-12)7-13(3)8-11-5-4-10(2)14-11/h4-5,9H,6-8H2,1-3H3. The quantitative estimate of drug-likeness (QED) is 0.756. The third-order valence-electron chi connectivity index (χ3n) is 2.11. The van der Waals surface area contributed by atoms with E-state index < -0.39 is 0 Å². The van der Waals surface area contributed by atoms with Crippen molar-refractivity contribution in [2.75, 3.05) is 18.9 Å². The summed E-state index contributed by atoms with van der Waals surface area (Å²) in [7, 11) is 2.12. The van der Waals surface area contributed by atoms with E-state index in [4.69, 9.17) is 4.42 Å². The Kier molecular flexibility index (Phi) is 4.69.